The Hall–Kier alpha value is -6.00. The first-order chi connectivity index (χ1) is 47.2. The van der Waals surface area contributed by atoms with E-state index in [1.807, 2.05) is 95.3 Å². The molecule has 0 spiro atoms. The molecular weight excluding hydrogens is 1310 g/mol. The summed E-state index contributed by atoms with van der Waals surface area (Å²) in [6.07, 6.45) is -15.3. The van der Waals surface area contributed by atoms with Gasteiger partial charge in [0.25, 0.3) is 0 Å². The molecule has 545 valence electrons. The number of Topliss-reactive ketones (excluding diaryl/α,β-unsaturated/α-hetero) is 1. The summed E-state index contributed by atoms with van der Waals surface area (Å²) in [5.41, 5.74) is 11.1. The Bertz CT molecular complexity index is 3030. The van der Waals surface area contributed by atoms with Gasteiger partial charge in [0, 0.05) is 46.7 Å². The number of nitrogens with zero attached hydrogens (tertiary/aromatic N) is 4. The Morgan fingerprint density at radius 2 is 1.35 bits per heavy atom. The number of carbonyl (C=O) groups excluding carboxylic acids is 7. The number of amides is 1. The average Bonchev–Trinajstić information content (AvgIpc) is 0.864. The molecule has 22 atom stereocenters. The number of unbranched alkanes of at least 4 members (excludes halogenated alkanes) is 1. The van der Waals surface area contributed by atoms with E-state index in [4.69, 9.17) is 75.8 Å². The molecule has 0 aliphatic carbocycles. The molecule has 1 amide bonds. The molecule has 7 rings (SSSR count). The van der Waals surface area contributed by atoms with E-state index in [9.17, 15) is 43.8 Å². The normalized spacial score (nSPS) is 31.8. The zero-order chi connectivity index (χ0) is 72.1. The van der Waals surface area contributed by atoms with Crippen molar-refractivity contribution in [2.75, 3.05) is 33.5 Å². The van der Waals surface area contributed by atoms with Crippen molar-refractivity contribution in [3.8, 4) is 0 Å². The number of azide groups is 1. The molecule has 5 saturated heterocycles. The monoisotopic (exact) mass is 1410 g/mol. The molecule has 28 nitrogen and oxygen atoms in total. The van der Waals surface area contributed by atoms with Crippen LogP contribution >= 0.6 is 8.46 Å². The third-order valence-corrected chi connectivity index (χ3v) is 19.8. The van der Waals surface area contributed by atoms with Crippen LogP contribution in [-0.2, 0) is 122 Å². The predicted molar refractivity (Wildman–Crippen MR) is 355 cm³/mol. The standard InChI is InChI=1S/C68H98B2N4O24P/c1-14-38(3)49-32-40(5)55(95-62-52(72-73-71)58(89-44(9)77)56(88-43(8)76)50(92-62)36-84-42(7)75)63(91-49)96-59-60(90-45(10)78)64(94-54(39(4)15-2)61(59)99-70-69-82)93-53-41(6)33-68(65(80)83-13,98-57(53)51-37-87-67(11,12)97-51)86-31-29-48(79)28-22-23-30-74(34-46-24-18-16-19-25-46)66(81)85-35-47-26-20-17-21-27-47/h16-21,24-27,38-41,49-64,99H,14-15,22-23,28-37H2,1-13H3/t38-,39-,40?,41+,49+,50?,51+,52+,53+,54?,55?,56+,57?,58?,59+,60?,61+,62+,63+,64-,68+/m0/s1. The number of ether oxygens (including phenoxy) is 16. The fourth-order valence-corrected chi connectivity index (χ4v) is 14.5. The minimum absolute atomic E-state index is 0.0456. The van der Waals surface area contributed by atoms with E-state index in [2.05, 4.69) is 10.0 Å². The van der Waals surface area contributed by atoms with Gasteiger partial charge in [0.05, 0.1) is 13.7 Å². The fourth-order valence-electron chi connectivity index (χ4n) is 13.1. The Morgan fingerprint density at radius 3 is 1.96 bits per heavy atom. The van der Waals surface area contributed by atoms with Gasteiger partial charge >= 0.3 is 355 Å². The van der Waals surface area contributed by atoms with E-state index in [-0.39, 0.29) is 65.2 Å². The van der Waals surface area contributed by atoms with Crippen molar-refractivity contribution >= 4 is 64.1 Å². The number of methoxy groups -OCH3 is 1. The Labute approximate surface area is 582 Å². The zero-order valence-electron chi connectivity index (χ0n) is 59.0. The van der Waals surface area contributed by atoms with Crippen molar-refractivity contribution in [1.82, 2.24) is 4.90 Å². The van der Waals surface area contributed by atoms with Gasteiger partial charge in [-0.25, -0.2) is 9.59 Å². The summed E-state index contributed by atoms with van der Waals surface area (Å²) >= 11 is 0. The van der Waals surface area contributed by atoms with E-state index < -0.39 is 164 Å². The van der Waals surface area contributed by atoms with Crippen LogP contribution < -0.4 is 0 Å². The molecule has 5 aliphatic rings. The molecule has 31 heteroatoms. The predicted octanol–water partition coefficient (Wildman–Crippen LogP) is 8.53. The van der Waals surface area contributed by atoms with Gasteiger partial charge in [0.1, 0.15) is 12.4 Å². The second-order valence-electron chi connectivity index (χ2n) is 26.5. The molecule has 8 unspecified atom stereocenters. The SMILES string of the molecule is CC[C@H](C)C1O[C@H](O[C@H]2C([C@H]3COC(C)(C)O3)O[C@@](OCCC(=O)CCCCN(Cc3ccccc3)C(=O)OCc3ccccc3)(C(=O)OC)C[C@H]2C)C(OC(C)=O)[C@@H](O[C@H]2O[C@@H]([C@@H](C)CC)CC(C)C2O[C@H]2OC(COC(C)=O)[C@@H](OC(C)=O)C(OC(C)=O)[C@H]2N=[N+]=[N-])[C@@H]1P[B]B=O. The Kier molecular flexibility index (Phi) is 31.1. The fraction of sp³-hybridized carbons (Fsp3) is 0.721. The number of rotatable bonds is 34. The van der Waals surface area contributed by atoms with Crippen LogP contribution in [0.15, 0.2) is 65.8 Å². The number of carbonyl (C=O) groups is 7. The molecule has 1 radical (unpaired) electrons. The van der Waals surface area contributed by atoms with Crippen molar-refractivity contribution in [3.63, 3.8) is 0 Å². The summed E-state index contributed by atoms with van der Waals surface area (Å²) in [7, 11) is 1.54. The number of hydrogen-bond acceptors (Lipinski definition) is 25. The van der Waals surface area contributed by atoms with Crippen LogP contribution in [0.4, 0.5) is 4.79 Å². The first-order valence-corrected chi connectivity index (χ1v) is 35.3. The van der Waals surface area contributed by atoms with Crippen molar-refractivity contribution in [1.29, 1.82) is 0 Å². The topological polar surface area (TPSA) is 336 Å². The third-order valence-electron chi connectivity index (χ3n) is 18.4. The molecule has 0 aromatic heterocycles. The van der Waals surface area contributed by atoms with Crippen LogP contribution in [0.3, 0.4) is 0 Å². The van der Waals surface area contributed by atoms with Crippen molar-refractivity contribution in [2.45, 2.75) is 257 Å². The third kappa shape index (κ3) is 22.5. The molecule has 5 aliphatic heterocycles. The number of benzene rings is 2. The zero-order valence-corrected chi connectivity index (χ0v) is 60.0. The number of ketones is 1. The quantitative estimate of drug-likeness (QED) is 0.00925. The van der Waals surface area contributed by atoms with Crippen molar-refractivity contribution in [3.05, 3.63) is 82.2 Å². The molecule has 0 saturated carbocycles. The molecule has 2 aromatic carbocycles. The summed E-state index contributed by atoms with van der Waals surface area (Å²) < 4.78 is 114. The summed E-state index contributed by atoms with van der Waals surface area (Å²) in [6.45, 7) is 21.0. The molecule has 0 bridgehead atoms. The first-order valence-electron chi connectivity index (χ1n) is 34.1. The number of hydrogen-bond donors (Lipinski definition) is 0. The summed E-state index contributed by atoms with van der Waals surface area (Å²) in [4.78, 5) is 97.5. The molecule has 99 heavy (non-hydrogen) atoms. The Balaban J connectivity index is 1.17. The average molecular weight is 1410 g/mol. The molecule has 5 fully saturated rings. The van der Waals surface area contributed by atoms with Gasteiger partial charge in [-0.05, 0) is 43.3 Å². The van der Waals surface area contributed by atoms with Gasteiger partial charge in [-0.3, -0.25) is 19.2 Å². The van der Waals surface area contributed by atoms with E-state index in [0.717, 1.165) is 31.9 Å². The van der Waals surface area contributed by atoms with Crippen LogP contribution in [0.25, 0.3) is 10.4 Å². The summed E-state index contributed by atoms with van der Waals surface area (Å²) in [5, 5.41) is 3.96. The van der Waals surface area contributed by atoms with Crippen molar-refractivity contribution < 1.29 is 114 Å². The van der Waals surface area contributed by atoms with Gasteiger partial charge in [-0.2, -0.15) is 0 Å². The second-order valence-corrected chi connectivity index (χ2v) is 27.8. The van der Waals surface area contributed by atoms with Crippen LogP contribution in [0, 0.1) is 23.7 Å². The van der Waals surface area contributed by atoms with Crippen LogP contribution in [0.1, 0.15) is 146 Å². The molecule has 0 N–H and O–H groups in total. The van der Waals surface area contributed by atoms with Crippen molar-refractivity contribution in [2.24, 2.45) is 28.8 Å². The summed E-state index contributed by atoms with van der Waals surface area (Å²) in [5.74, 6) is -8.96. The van der Waals surface area contributed by atoms with E-state index in [1.54, 1.807) is 25.7 Å². The maximum absolute atomic E-state index is 14.3. The maximum atomic E-state index is 14.3. The molecule has 2 aromatic rings. The second kappa shape index (κ2) is 38.3. The van der Waals surface area contributed by atoms with Gasteiger partial charge in [0.15, 0.2) is 0 Å². The van der Waals surface area contributed by atoms with Gasteiger partial charge in [-0.1, -0.05) is 60.7 Å². The van der Waals surface area contributed by atoms with Crippen LogP contribution in [0.5, 0.6) is 0 Å². The van der Waals surface area contributed by atoms with Gasteiger partial charge in [-0.15, -0.1) is 0 Å². The number of esters is 5. The molecular formula is C68H98B2N4O24P. The minimum atomic E-state index is -2.12. The Morgan fingerprint density at radius 1 is 0.727 bits per heavy atom. The van der Waals surface area contributed by atoms with Crippen LogP contribution in [0.2, 0.25) is 0 Å². The van der Waals surface area contributed by atoms with E-state index in [0.29, 0.717) is 52.2 Å². The van der Waals surface area contributed by atoms with E-state index >= 15 is 0 Å². The van der Waals surface area contributed by atoms with Gasteiger partial charge < -0.3 is 23.8 Å². The first kappa shape index (κ1) is 80.3. The van der Waals surface area contributed by atoms with E-state index in [1.165, 1.54) is 20.9 Å². The van der Waals surface area contributed by atoms with Crippen LogP contribution in [-0.4, -0.2) is 203 Å². The van der Waals surface area contributed by atoms with Gasteiger partial charge in [0.2, 0.25) is 0 Å². The molecule has 5 heterocycles. The summed E-state index contributed by atoms with van der Waals surface area (Å²) in [6, 6.07) is 17.4.